The van der Waals surface area contributed by atoms with E-state index in [0.717, 1.165) is 30.4 Å². The van der Waals surface area contributed by atoms with E-state index in [1.165, 1.54) is 26.2 Å². The predicted molar refractivity (Wildman–Crippen MR) is 122 cm³/mol. The zero-order valence-corrected chi connectivity index (χ0v) is 20.5. The number of hydrogen-bond donors (Lipinski definition) is 3. The monoisotopic (exact) mass is 461 g/mol. The highest BCUT2D eigenvalue weighted by Gasteiger charge is 2.54. The first-order chi connectivity index (χ1) is 14.9. The maximum absolute atomic E-state index is 13.1. The van der Waals surface area contributed by atoms with E-state index in [-0.39, 0.29) is 16.2 Å². The van der Waals surface area contributed by atoms with Crippen LogP contribution >= 0.6 is 0 Å². The summed E-state index contributed by atoms with van der Waals surface area (Å²) in [6, 6.07) is 0.927. The van der Waals surface area contributed by atoms with E-state index >= 15 is 0 Å². The van der Waals surface area contributed by atoms with Crippen LogP contribution in [0.15, 0.2) is 11.0 Å². The molecule has 4 aliphatic carbocycles. The first-order valence-electron chi connectivity index (χ1n) is 11.6. The van der Waals surface area contributed by atoms with E-state index < -0.39 is 22.0 Å². The van der Waals surface area contributed by atoms with Gasteiger partial charge in [0.1, 0.15) is 0 Å². The van der Waals surface area contributed by atoms with Gasteiger partial charge in [0, 0.05) is 0 Å². The van der Waals surface area contributed by atoms with Crippen molar-refractivity contribution in [3.63, 3.8) is 0 Å². The summed E-state index contributed by atoms with van der Waals surface area (Å²) in [5.41, 5.74) is 7.81. The summed E-state index contributed by atoms with van der Waals surface area (Å²) in [5.74, 6) is 1.17. The number of sulfonamides is 1. The first-order valence-corrected chi connectivity index (χ1v) is 13.1. The molecule has 0 unspecified atom stereocenters. The standard InChI is InChI=1S/C24H35N3O4S/c1-13-6-14(2)16(4)21(15(13)3)32(30,31)27-17(5)22(28)25-26-23(29)24-10-18-7-19(11-24)9-20(8-18)12-24/h6,17-20,27H,7-12H2,1-5H3,(H,25,28)(H,26,29)/t17-,18?,19?,20?,24?/m1/s1. The largest absolute Gasteiger partial charge is 0.273 e. The molecular weight excluding hydrogens is 426 g/mol. The van der Waals surface area contributed by atoms with Gasteiger partial charge in [-0.3, -0.25) is 20.4 Å². The van der Waals surface area contributed by atoms with Crippen LogP contribution in [0.25, 0.3) is 0 Å². The van der Waals surface area contributed by atoms with E-state index in [1.807, 2.05) is 19.9 Å². The van der Waals surface area contributed by atoms with Gasteiger partial charge in [0.05, 0.1) is 16.4 Å². The van der Waals surface area contributed by atoms with Crippen molar-refractivity contribution in [2.75, 3.05) is 0 Å². The fourth-order valence-electron chi connectivity index (χ4n) is 6.68. The lowest BCUT2D eigenvalue weighted by Crippen LogP contribution is -2.58. The fraction of sp³-hybridized carbons (Fsp3) is 0.667. The lowest BCUT2D eigenvalue weighted by Gasteiger charge is -2.55. The van der Waals surface area contributed by atoms with Crippen LogP contribution in [0.1, 0.15) is 67.7 Å². The van der Waals surface area contributed by atoms with Gasteiger partial charge in [0.15, 0.2) is 0 Å². The topological polar surface area (TPSA) is 104 Å². The Balaban J connectivity index is 1.40. The molecule has 0 radical (unpaired) electrons. The molecule has 4 bridgehead atoms. The molecule has 0 spiro atoms. The average Bonchev–Trinajstić information content (AvgIpc) is 2.68. The second-order valence-electron chi connectivity index (χ2n) is 10.6. The Bertz CT molecular complexity index is 1000. The van der Waals surface area contributed by atoms with Crippen LogP contribution in [0.5, 0.6) is 0 Å². The maximum Gasteiger partial charge on any atom is 0.256 e. The summed E-state index contributed by atoms with van der Waals surface area (Å²) in [6.45, 7) is 8.77. The van der Waals surface area contributed by atoms with Crippen LogP contribution in [0.4, 0.5) is 0 Å². The van der Waals surface area contributed by atoms with Crippen molar-refractivity contribution >= 4 is 21.8 Å². The number of benzene rings is 1. The number of amides is 2. The normalized spacial score (nSPS) is 29.6. The molecular formula is C24H35N3O4S. The Morgan fingerprint density at radius 3 is 1.84 bits per heavy atom. The zero-order chi connectivity index (χ0) is 23.4. The SMILES string of the molecule is Cc1cc(C)c(C)c(S(=O)(=O)N[C@H](C)C(=O)NNC(=O)C23CC4CC(CC(C4)C2)C3)c1C. The van der Waals surface area contributed by atoms with E-state index in [4.69, 9.17) is 0 Å². The molecule has 1 atom stereocenters. The molecule has 4 aliphatic rings. The number of nitrogens with one attached hydrogen (secondary N) is 3. The molecule has 0 saturated heterocycles. The molecule has 1 aromatic carbocycles. The van der Waals surface area contributed by atoms with E-state index in [1.54, 1.807) is 13.8 Å². The van der Waals surface area contributed by atoms with Crippen molar-refractivity contribution in [1.29, 1.82) is 0 Å². The number of carbonyl (C=O) groups is 2. The van der Waals surface area contributed by atoms with Crippen molar-refractivity contribution in [1.82, 2.24) is 15.6 Å². The highest BCUT2D eigenvalue weighted by atomic mass is 32.2. The van der Waals surface area contributed by atoms with Crippen LogP contribution in [-0.4, -0.2) is 26.3 Å². The number of hydrazine groups is 1. The van der Waals surface area contributed by atoms with E-state index in [2.05, 4.69) is 15.6 Å². The van der Waals surface area contributed by atoms with Gasteiger partial charge in [-0.1, -0.05) is 6.07 Å². The smallest absolute Gasteiger partial charge is 0.256 e. The van der Waals surface area contributed by atoms with Gasteiger partial charge in [0.25, 0.3) is 5.91 Å². The predicted octanol–water partition coefficient (Wildman–Crippen LogP) is 2.95. The van der Waals surface area contributed by atoms with Crippen LogP contribution in [-0.2, 0) is 19.6 Å². The molecule has 8 heteroatoms. The van der Waals surface area contributed by atoms with E-state index in [0.29, 0.717) is 28.9 Å². The summed E-state index contributed by atoms with van der Waals surface area (Å²) < 4.78 is 28.6. The molecule has 5 rings (SSSR count). The Morgan fingerprint density at radius 2 is 1.38 bits per heavy atom. The number of hydrogen-bond acceptors (Lipinski definition) is 4. The molecule has 4 fully saturated rings. The van der Waals surface area contributed by atoms with Crippen molar-refractivity contribution in [2.24, 2.45) is 23.2 Å². The molecule has 1 aromatic rings. The van der Waals surface area contributed by atoms with Crippen LogP contribution in [0.2, 0.25) is 0 Å². The third-order valence-corrected chi connectivity index (χ3v) is 9.92. The van der Waals surface area contributed by atoms with Gasteiger partial charge in [-0.25, -0.2) is 8.42 Å². The number of rotatable bonds is 5. The third kappa shape index (κ3) is 4.07. The minimum atomic E-state index is -3.91. The van der Waals surface area contributed by atoms with Crippen molar-refractivity contribution in [3.8, 4) is 0 Å². The van der Waals surface area contributed by atoms with E-state index in [9.17, 15) is 18.0 Å². The fourth-order valence-corrected chi connectivity index (χ4v) is 8.50. The Kier molecular flexibility index (Phi) is 5.91. The Labute approximate surface area is 191 Å². The molecule has 0 heterocycles. The first kappa shape index (κ1) is 23.2. The molecule has 176 valence electrons. The van der Waals surface area contributed by atoms with Crippen LogP contribution in [0, 0.1) is 50.9 Å². The third-order valence-electron chi connectivity index (χ3n) is 8.11. The van der Waals surface area contributed by atoms with Crippen LogP contribution in [0.3, 0.4) is 0 Å². The van der Waals surface area contributed by atoms with Crippen molar-refractivity contribution in [3.05, 3.63) is 28.3 Å². The molecule has 3 N–H and O–H groups in total. The summed E-state index contributed by atoms with van der Waals surface area (Å²) in [7, 11) is -3.91. The van der Waals surface area contributed by atoms with Crippen LogP contribution < -0.4 is 15.6 Å². The Hall–Kier alpha value is -1.93. The molecule has 7 nitrogen and oxygen atoms in total. The molecule has 0 aromatic heterocycles. The maximum atomic E-state index is 13.1. The second-order valence-corrected chi connectivity index (χ2v) is 12.2. The summed E-state index contributed by atoms with van der Waals surface area (Å²) in [4.78, 5) is 25.9. The lowest BCUT2D eigenvalue weighted by atomic mass is 9.49. The van der Waals surface area contributed by atoms with Gasteiger partial charge in [0.2, 0.25) is 15.9 Å². The quantitative estimate of drug-likeness (QED) is 0.587. The average molecular weight is 462 g/mol. The summed E-state index contributed by atoms with van der Waals surface area (Å²) in [5, 5.41) is 0. The minimum Gasteiger partial charge on any atom is -0.273 e. The van der Waals surface area contributed by atoms with Gasteiger partial charge in [-0.2, -0.15) is 4.72 Å². The lowest BCUT2D eigenvalue weighted by molar-refractivity contribution is -0.149. The van der Waals surface area contributed by atoms with Gasteiger partial charge >= 0.3 is 0 Å². The van der Waals surface area contributed by atoms with Crippen molar-refractivity contribution < 1.29 is 18.0 Å². The van der Waals surface area contributed by atoms with Crippen molar-refractivity contribution in [2.45, 2.75) is 84.1 Å². The molecule has 4 saturated carbocycles. The second kappa shape index (κ2) is 8.13. The highest BCUT2D eigenvalue weighted by molar-refractivity contribution is 7.89. The number of carbonyl (C=O) groups excluding carboxylic acids is 2. The molecule has 2 amide bonds. The van der Waals surface area contributed by atoms with Gasteiger partial charge in [-0.15, -0.1) is 0 Å². The number of aryl methyl sites for hydroxylation is 2. The minimum absolute atomic E-state index is 0.124. The highest BCUT2D eigenvalue weighted by Crippen LogP contribution is 2.60. The Morgan fingerprint density at radius 1 is 0.906 bits per heavy atom. The van der Waals surface area contributed by atoms with Gasteiger partial charge in [-0.05, 0) is 113 Å². The molecule has 32 heavy (non-hydrogen) atoms. The summed E-state index contributed by atoms with van der Waals surface area (Å²) in [6.07, 6.45) is 6.38. The molecule has 0 aliphatic heterocycles. The summed E-state index contributed by atoms with van der Waals surface area (Å²) >= 11 is 0. The van der Waals surface area contributed by atoms with Gasteiger partial charge < -0.3 is 0 Å². The zero-order valence-electron chi connectivity index (χ0n) is 19.7.